The van der Waals surface area contributed by atoms with Crippen molar-refractivity contribution in [1.82, 2.24) is 20.0 Å². The van der Waals surface area contributed by atoms with E-state index in [1.165, 1.54) is 11.3 Å². The molecule has 0 aliphatic carbocycles. The van der Waals surface area contributed by atoms with Gasteiger partial charge in [0.1, 0.15) is 5.01 Å². The largest absolute Gasteiger partial charge is 0.301 e. The smallest absolute Gasteiger partial charge is 0.226 e. The molecule has 0 radical (unpaired) electrons. The summed E-state index contributed by atoms with van der Waals surface area (Å²) < 4.78 is 1.83. The normalized spacial score (nSPS) is 10.5. The van der Waals surface area contributed by atoms with Crippen LogP contribution in [0.15, 0.2) is 0 Å². The lowest BCUT2D eigenvalue weighted by Crippen LogP contribution is -2.12. The van der Waals surface area contributed by atoms with Gasteiger partial charge in [-0.3, -0.25) is 9.48 Å². The van der Waals surface area contributed by atoms with Gasteiger partial charge in [0.05, 0.1) is 24.7 Å². The van der Waals surface area contributed by atoms with Crippen molar-refractivity contribution in [3.63, 3.8) is 0 Å². The Morgan fingerprint density at radius 3 is 2.77 bits per heavy atom. The topological polar surface area (TPSA) is 96.5 Å². The summed E-state index contributed by atoms with van der Waals surface area (Å²) in [6.07, 6.45) is 1.41. The van der Waals surface area contributed by atoms with Crippen molar-refractivity contribution in [1.29, 1.82) is 5.26 Å². The quantitative estimate of drug-likeness (QED) is 0.880. The second kappa shape index (κ2) is 7.13. The summed E-state index contributed by atoms with van der Waals surface area (Å²) in [6.45, 7) is 6.32. The van der Waals surface area contributed by atoms with Crippen molar-refractivity contribution >= 4 is 22.4 Å². The highest BCUT2D eigenvalue weighted by atomic mass is 32.1. The SMILES string of the molecule is Cc1nnc(NC(=O)CCc2c(C)nn(CCC#N)c2C)s1. The fourth-order valence-electron chi connectivity index (χ4n) is 2.24. The van der Waals surface area contributed by atoms with E-state index in [2.05, 4.69) is 26.7 Å². The van der Waals surface area contributed by atoms with Gasteiger partial charge in [0.2, 0.25) is 11.0 Å². The number of nitrogens with zero attached hydrogens (tertiary/aromatic N) is 5. The van der Waals surface area contributed by atoms with Gasteiger partial charge in [0.25, 0.3) is 0 Å². The van der Waals surface area contributed by atoms with Crippen LogP contribution in [0.1, 0.15) is 34.8 Å². The molecular weight excluding hydrogens is 300 g/mol. The molecule has 0 aliphatic heterocycles. The van der Waals surface area contributed by atoms with E-state index >= 15 is 0 Å². The fraction of sp³-hybridized carbons (Fsp3) is 0.500. The Kier molecular flexibility index (Phi) is 5.22. The molecule has 0 saturated carbocycles. The third-order valence-corrected chi connectivity index (χ3v) is 4.10. The molecule has 8 heteroatoms. The number of hydrogen-bond donors (Lipinski definition) is 1. The van der Waals surface area contributed by atoms with Crippen LogP contribution >= 0.6 is 11.3 Å². The summed E-state index contributed by atoms with van der Waals surface area (Å²) in [5, 5.41) is 24.9. The highest BCUT2D eigenvalue weighted by Gasteiger charge is 2.13. The van der Waals surface area contributed by atoms with E-state index in [1.807, 2.05) is 25.5 Å². The van der Waals surface area contributed by atoms with Crippen LogP contribution in [0, 0.1) is 32.1 Å². The minimum absolute atomic E-state index is 0.0836. The van der Waals surface area contributed by atoms with Gasteiger partial charge in [0.15, 0.2) is 0 Å². The molecule has 0 unspecified atom stereocenters. The molecule has 0 saturated heterocycles. The van der Waals surface area contributed by atoms with Crippen LogP contribution in [0.2, 0.25) is 0 Å². The maximum absolute atomic E-state index is 12.0. The van der Waals surface area contributed by atoms with Crippen LogP contribution in [0.25, 0.3) is 0 Å². The van der Waals surface area contributed by atoms with Crippen LogP contribution in [0.3, 0.4) is 0 Å². The first-order chi connectivity index (χ1) is 10.5. The Morgan fingerprint density at radius 1 is 1.36 bits per heavy atom. The standard InChI is InChI=1S/C14H18N6OS/c1-9-12(10(2)20(19-9)8-4-7-15)5-6-13(21)16-14-18-17-11(3)22-14/h4-6,8H2,1-3H3,(H,16,18,21). The molecule has 22 heavy (non-hydrogen) atoms. The number of amides is 1. The second-order valence-electron chi connectivity index (χ2n) is 4.96. The van der Waals surface area contributed by atoms with Crippen molar-refractivity contribution < 1.29 is 4.79 Å². The van der Waals surface area contributed by atoms with E-state index in [0.717, 1.165) is 22.0 Å². The van der Waals surface area contributed by atoms with Gasteiger partial charge in [-0.1, -0.05) is 11.3 Å². The number of carbonyl (C=O) groups is 1. The first-order valence-corrected chi connectivity index (χ1v) is 7.82. The number of hydrogen-bond acceptors (Lipinski definition) is 6. The summed E-state index contributed by atoms with van der Waals surface area (Å²) in [5.41, 5.74) is 3.00. The predicted octanol–water partition coefficient (Wildman–Crippen LogP) is 2.14. The monoisotopic (exact) mass is 318 g/mol. The average molecular weight is 318 g/mol. The molecule has 0 aromatic carbocycles. The lowest BCUT2D eigenvalue weighted by molar-refractivity contribution is -0.116. The number of aryl methyl sites for hydroxylation is 3. The number of carbonyl (C=O) groups excluding carboxylic acids is 1. The first-order valence-electron chi connectivity index (χ1n) is 7.01. The van der Waals surface area contributed by atoms with Gasteiger partial charge < -0.3 is 5.32 Å². The number of anilines is 1. The van der Waals surface area contributed by atoms with Crippen LogP contribution in [-0.2, 0) is 17.8 Å². The molecule has 0 atom stereocenters. The van der Waals surface area contributed by atoms with Crippen LogP contribution in [0.4, 0.5) is 5.13 Å². The second-order valence-corrected chi connectivity index (χ2v) is 6.14. The van der Waals surface area contributed by atoms with Crippen molar-refractivity contribution in [3.05, 3.63) is 22.0 Å². The van der Waals surface area contributed by atoms with Gasteiger partial charge in [-0.15, -0.1) is 10.2 Å². The minimum atomic E-state index is -0.0836. The summed E-state index contributed by atoms with van der Waals surface area (Å²) in [4.78, 5) is 12.0. The number of nitrogens with one attached hydrogen (secondary N) is 1. The van der Waals surface area contributed by atoms with Gasteiger partial charge in [-0.2, -0.15) is 10.4 Å². The third-order valence-electron chi connectivity index (χ3n) is 3.34. The molecule has 0 fully saturated rings. The van der Waals surface area contributed by atoms with E-state index in [4.69, 9.17) is 5.26 Å². The van der Waals surface area contributed by atoms with Crippen LogP contribution in [-0.4, -0.2) is 25.9 Å². The highest BCUT2D eigenvalue weighted by Crippen LogP contribution is 2.17. The summed E-state index contributed by atoms with van der Waals surface area (Å²) in [7, 11) is 0. The van der Waals surface area contributed by atoms with Crippen molar-refractivity contribution in [3.8, 4) is 6.07 Å². The number of rotatable bonds is 6. The number of nitriles is 1. The zero-order chi connectivity index (χ0) is 16.1. The summed E-state index contributed by atoms with van der Waals surface area (Å²) in [6, 6.07) is 2.11. The van der Waals surface area contributed by atoms with Crippen molar-refractivity contribution in [2.75, 3.05) is 5.32 Å². The first kappa shape index (κ1) is 16.1. The molecule has 2 aromatic heterocycles. The van der Waals surface area contributed by atoms with Crippen LogP contribution < -0.4 is 5.32 Å². The lowest BCUT2D eigenvalue weighted by atomic mass is 10.1. The molecule has 116 valence electrons. The maximum atomic E-state index is 12.0. The molecule has 2 heterocycles. The summed E-state index contributed by atoms with van der Waals surface area (Å²) >= 11 is 1.36. The molecule has 1 N–H and O–H groups in total. The van der Waals surface area contributed by atoms with Gasteiger partial charge in [-0.05, 0) is 32.8 Å². The van der Waals surface area contributed by atoms with Crippen molar-refractivity contribution in [2.24, 2.45) is 0 Å². The van der Waals surface area contributed by atoms with Gasteiger partial charge in [0, 0.05) is 12.1 Å². The number of aromatic nitrogens is 4. The molecule has 1 amide bonds. The average Bonchev–Trinajstić information content (AvgIpc) is 2.99. The minimum Gasteiger partial charge on any atom is -0.301 e. The molecule has 2 rings (SSSR count). The molecular formula is C14H18N6OS. The zero-order valence-corrected chi connectivity index (χ0v) is 13.7. The molecule has 0 bridgehead atoms. The Balaban J connectivity index is 1.95. The van der Waals surface area contributed by atoms with Gasteiger partial charge >= 0.3 is 0 Å². The lowest BCUT2D eigenvalue weighted by Gasteiger charge is -2.04. The molecule has 0 aliphatic rings. The maximum Gasteiger partial charge on any atom is 0.226 e. The predicted molar refractivity (Wildman–Crippen MR) is 83.5 cm³/mol. The molecule has 0 spiro atoms. The zero-order valence-electron chi connectivity index (χ0n) is 12.9. The van der Waals surface area contributed by atoms with E-state index in [1.54, 1.807) is 0 Å². The Labute approximate surface area is 133 Å². The Bertz CT molecular complexity index is 711. The molecule has 7 nitrogen and oxygen atoms in total. The van der Waals surface area contributed by atoms with E-state index < -0.39 is 0 Å². The Morgan fingerprint density at radius 2 is 2.14 bits per heavy atom. The molecule has 2 aromatic rings. The van der Waals surface area contributed by atoms with E-state index in [0.29, 0.717) is 30.9 Å². The highest BCUT2D eigenvalue weighted by molar-refractivity contribution is 7.15. The van der Waals surface area contributed by atoms with Gasteiger partial charge in [-0.25, -0.2) is 0 Å². The Hall–Kier alpha value is -2.27. The third kappa shape index (κ3) is 3.89. The van der Waals surface area contributed by atoms with E-state index in [9.17, 15) is 4.79 Å². The summed E-state index contributed by atoms with van der Waals surface area (Å²) in [5.74, 6) is -0.0836. The van der Waals surface area contributed by atoms with E-state index in [-0.39, 0.29) is 5.91 Å². The van der Waals surface area contributed by atoms with Crippen LogP contribution in [0.5, 0.6) is 0 Å². The fourth-order valence-corrected chi connectivity index (χ4v) is 2.84. The van der Waals surface area contributed by atoms with Crippen molar-refractivity contribution in [2.45, 2.75) is 46.6 Å².